The van der Waals surface area contributed by atoms with Gasteiger partial charge in [0.2, 0.25) is 5.56 Å². The lowest BCUT2D eigenvalue weighted by molar-refractivity contribution is 0.0941. The van der Waals surface area contributed by atoms with Crippen molar-refractivity contribution in [2.45, 2.75) is 13.0 Å². The van der Waals surface area contributed by atoms with Crippen molar-refractivity contribution in [3.8, 4) is 5.69 Å². The molecule has 0 saturated carbocycles. The third-order valence-electron chi connectivity index (χ3n) is 4.50. The monoisotopic (exact) mass is 358 g/mol. The normalized spacial score (nSPS) is 12.0. The highest BCUT2D eigenvalue weighted by Gasteiger charge is 2.17. The van der Waals surface area contributed by atoms with Crippen molar-refractivity contribution in [3.05, 3.63) is 94.5 Å². The number of pyridine rings is 1. The first-order valence-electron chi connectivity index (χ1n) is 8.65. The Hall–Kier alpha value is -3.67. The predicted octanol–water partition coefficient (Wildman–Crippen LogP) is 3.20. The van der Waals surface area contributed by atoms with Gasteiger partial charge < -0.3 is 10.3 Å². The van der Waals surface area contributed by atoms with Gasteiger partial charge in [-0.05, 0) is 30.7 Å². The van der Waals surface area contributed by atoms with E-state index in [1.165, 1.54) is 6.07 Å². The van der Waals surface area contributed by atoms with E-state index in [2.05, 4.69) is 15.4 Å². The number of rotatable bonds is 4. The molecule has 2 aromatic carbocycles. The summed E-state index contributed by atoms with van der Waals surface area (Å²) in [6.07, 6.45) is 3.57. The second-order valence-corrected chi connectivity index (χ2v) is 6.30. The summed E-state index contributed by atoms with van der Waals surface area (Å²) in [7, 11) is 0. The lowest BCUT2D eigenvalue weighted by Gasteiger charge is -2.18. The third kappa shape index (κ3) is 3.25. The van der Waals surface area contributed by atoms with Crippen LogP contribution in [0.4, 0.5) is 0 Å². The number of amides is 1. The molecular formula is C21H18N4O2. The fourth-order valence-electron chi connectivity index (χ4n) is 3.22. The Morgan fingerprint density at radius 2 is 1.89 bits per heavy atom. The van der Waals surface area contributed by atoms with E-state index >= 15 is 0 Å². The van der Waals surface area contributed by atoms with Crippen LogP contribution in [0.5, 0.6) is 0 Å². The minimum Gasteiger partial charge on any atom is -0.345 e. The predicted molar refractivity (Wildman–Crippen MR) is 104 cm³/mol. The third-order valence-corrected chi connectivity index (χ3v) is 4.50. The van der Waals surface area contributed by atoms with Gasteiger partial charge in [-0.3, -0.25) is 9.59 Å². The summed E-state index contributed by atoms with van der Waals surface area (Å²) >= 11 is 0. The average molecular weight is 358 g/mol. The smallest absolute Gasteiger partial charge is 0.252 e. The van der Waals surface area contributed by atoms with Crippen LogP contribution >= 0.6 is 0 Å². The zero-order valence-electron chi connectivity index (χ0n) is 14.7. The number of benzene rings is 2. The van der Waals surface area contributed by atoms with E-state index in [1.54, 1.807) is 16.9 Å². The van der Waals surface area contributed by atoms with Gasteiger partial charge in [-0.25, -0.2) is 4.68 Å². The molecule has 0 aliphatic carbocycles. The van der Waals surface area contributed by atoms with Crippen LogP contribution in [0.3, 0.4) is 0 Å². The van der Waals surface area contributed by atoms with Crippen molar-refractivity contribution >= 4 is 16.8 Å². The van der Waals surface area contributed by atoms with Gasteiger partial charge >= 0.3 is 0 Å². The Labute approximate surface area is 155 Å². The minimum absolute atomic E-state index is 0.268. The number of aromatic nitrogens is 3. The Morgan fingerprint density at radius 3 is 2.70 bits per heavy atom. The number of carbonyl (C=O) groups is 1. The van der Waals surface area contributed by atoms with Gasteiger partial charge in [0, 0.05) is 29.4 Å². The summed E-state index contributed by atoms with van der Waals surface area (Å²) < 4.78 is 1.76. The van der Waals surface area contributed by atoms with E-state index in [0.717, 1.165) is 11.3 Å². The summed E-state index contributed by atoms with van der Waals surface area (Å²) in [5.74, 6) is -0.292. The van der Waals surface area contributed by atoms with E-state index in [4.69, 9.17) is 0 Å². The van der Waals surface area contributed by atoms with Crippen LogP contribution in [0.25, 0.3) is 16.6 Å². The number of aromatic amines is 1. The van der Waals surface area contributed by atoms with E-state index in [0.29, 0.717) is 16.5 Å². The van der Waals surface area contributed by atoms with Crippen LogP contribution in [0, 0.1) is 0 Å². The average Bonchev–Trinajstić information content (AvgIpc) is 3.22. The number of nitrogens with one attached hydrogen (secondary N) is 2. The zero-order valence-corrected chi connectivity index (χ0v) is 14.7. The van der Waals surface area contributed by atoms with Crippen LogP contribution < -0.4 is 10.9 Å². The molecule has 6 heteroatoms. The molecule has 0 bridgehead atoms. The molecule has 0 aliphatic heterocycles. The molecule has 0 unspecified atom stereocenters. The Bertz CT molecular complexity index is 1160. The van der Waals surface area contributed by atoms with E-state index in [-0.39, 0.29) is 17.5 Å². The van der Waals surface area contributed by atoms with Crippen molar-refractivity contribution in [1.82, 2.24) is 20.1 Å². The number of H-pyrrole nitrogens is 1. The molecule has 4 rings (SSSR count). The summed E-state index contributed by atoms with van der Waals surface area (Å²) in [6, 6.07) is 17.9. The molecule has 2 aromatic heterocycles. The maximum Gasteiger partial charge on any atom is 0.252 e. The summed E-state index contributed by atoms with van der Waals surface area (Å²) in [5.41, 5.74) is 2.52. The Balaban J connectivity index is 1.68. The standard InChI is InChI=1S/C21H18N4O2/c1-14(15-7-3-5-10-19(15)25-12-6-11-22-25)23-21(27)17-13-20(26)24-18-9-4-2-8-16(17)18/h2-14H,1H3,(H,23,27)(H,24,26)/t14-/m0/s1. The molecule has 0 radical (unpaired) electrons. The van der Waals surface area contributed by atoms with Crippen molar-refractivity contribution in [2.24, 2.45) is 0 Å². The first kappa shape index (κ1) is 16.8. The molecule has 2 heterocycles. The largest absolute Gasteiger partial charge is 0.345 e. The molecular weight excluding hydrogens is 340 g/mol. The van der Waals surface area contributed by atoms with Crippen molar-refractivity contribution in [2.75, 3.05) is 0 Å². The van der Waals surface area contributed by atoms with Crippen molar-refractivity contribution in [1.29, 1.82) is 0 Å². The maximum absolute atomic E-state index is 12.9. The highest BCUT2D eigenvalue weighted by atomic mass is 16.2. The number of fused-ring (bicyclic) bond motifs is 1. The first-order chi connectivity index (χ1) is 13.1. The number of nitrogens with zero attached hydrogens (tertiary/aromatic N) is 2. The van der Waals surface area contributed by atoms with E-state index in [1.807, 2.05) is 61.7 Å². The molecule has 4 aromatic rings. The molecule has 27 heavy (non-hydrogen) atoms. The Kier molecular flexibility index (Phi) is 4.30. The molecule has 2 N–H and O–H groups in total. The number of hydrogen-bond donors (Lipinski definition) is 2. The summed E-state index contributed by atoms with van der Waals surface area (Å²) in [6.45, 7) is 1.91. The van der Waals surface area contributed by atoms with Gasteiger partial charge in [0.15, 0.2) is 0 Å². The van der Waals surface area contributed by atoms with E-state index < -0.39 is 0 Å². The molecule has 0 saturated heterocycles. The Morgan fingerprint density at radius 1 is 1.11 bits per heavy atom. The van der Waals surface area contributed by atoms with E-state index in [9.17, 15) is 9.59 Å². The van der Waals surface area contributed by atoms with Crippen LogP contribution in [0.15, 0.2) is 77.9 Å². The molecule has 134 valence electrons. The van der Waals surface area contributed by atoms with Crippen LogP contribution in [0.2, 0.25) is 0 Å². The molecule has 0 aliphatic rings. The van der Waals surface area contributed by atoms with Crippen LogP contribution in [-0.2, 0) is 0 Å². The minimum atomic E-state index is -0.302. The lowest BCUT2D eigenvalue weighted by Crippen LogP contribution is -2.28. The number of para-hydroxylation sites is 2. The highest BCUT2D eigenvalue weighted by molar-refractivity contribution is 6.06. The highest BCUT2D eigenvalue weighted by Crippen LogP contribution is 2.22. The summed E-state index contributed by atoms with van der Waals surface area (Å²) in [5, 5.41) is 7.99. The van der Waals surface area contributed by atoms with Gasteiger partial charge in [0.1, 0.15) is 0 Å². The van der Waals surface area contributed by atoms with Gasteiger partial charge in [0.25, 0.3) is 5.91 Å². The fourth-order valence-corrected chi connectivity index (χ4v) is 3.22. The number of hydrogen-bond acceptors (Lipinski definition) is 3. The molecule has 1 atom stereocenters. The van der Waals surface area contributed by atoms with Crippen molar-refractivity contribution < 1.29 is 4.79 Å². The van der Waals surface area contributed by atoms with Gasteiger partial charge in [-0.1, -0.05) is 36.4 Å². The fraction of sp³-hybridized carbons (Fsp3) is 0.0952. The van der Waals surface area contributed by atoms with Crippen molar-refractivity contribution in [3.63, 3.8) is 0 Å². The van der Waals surface area contributed by atoms with Crippen LogP contribution in [0.1, 0.15) is 28.9 Å². The molecule has 0 spiro atoms. The molecule has 6 nitrogen and oxygen atoms in total. The van der Waals surface area contributed by atoms with Gasteiger partial charge in [-0.15, -0.1) is 0 Å². The quantitative estimate of drug-likeness (QED) is 0.588. The molecule has 0 fully saturated rings. The SMILES string of the molecule is C[C@H](NC(=O)c1cc(=O)[nH]c2ccccc12)c1ccccc1-n1cccn1. The second kappa shape index (κ2) is 6.92. The first-order valence-corrected chi connectivity index (χ1v) is 8.65. The maximum atomic E-state index is 12.9. The van der Waals surface area contributed by atoms with Crippen LogP contribution in [-0.4, -0.2) is 20.7 Å². The number of carbonyl (C=O) groups excluding carboxylic acids is 1. The topological polar surface area (TPSA) is 79.8 Å². The molecule has 1 amide bonds. The lowest BCUT2D eigenvalue weighted by atomic mass is 10.0. The van der Waals surface area contributed by atoms with Gasteiger partial charge in [0.05, 0.1) is 17.3 Å². The zero-order chi connectivity index (χ0) is 18.8. The van der Waals surface area contributed by atoms with Gasteiger partial charge in [-0.2, -0.15) is 5.10 Å². The summed E-state index contributed by atoms with van der Waals surface area (Å²) in [4.78, 5) is 27.6. The second-order valence-electron chi connectivity index (χ2n) is 6.30.